The van der Waals surface area contributed by atoms with Crippen LogP contribution in [0.15, 0.2) is 12.2 Å². The highest BCUT2D eigenvalue weighted by molar-refractivity contribution is 5.76. The highest BCUT2D eigenvalue weighted by Gasteiger charge is 2.19. The molecule has 4 heteroatoms. The fourth-order valence-electron chi connectivity index (χ4n) is 5.82. The zero-order valence-corrected chi connectivity index (χ0v) is 28.5. The van der Waals surface area contributed by atoms with Gasteiger partial charge in [0.25, 0.3) is 0 Å². The lowest BCUT2D eigenvalue weighted by molar-refractivity contribution is -0.123. The molecule has 0 aromatic heterocycles. The molecule has 0 aliphatic carbocycles. The number of nitrogens with one attached hydrogen (secondary N) is 1. The zero-order valence-electron chi connectivity index (χ0n) is 28.5. The lowest BCUT2D eigenvalue weighted by Crippen LogP contribution is -2.45. The molecule has 0 aromatic rings. The highest BCUT2D eigenvalue weighted by atomic mass is 16.3. The third-order valence-electron chi connectivity index (χ3n) is 8.78. The van der Waals surface area contributed by atoms with Gasteiger partial charge < -0.3 is 15.5 Å². The average molecular weight is 594 g/mol. The van der Waals surface area contributed by atoms with Crippen LogP contribution in [0.5, 0.6) is 0 Å². The fourth-order valence-corrected chi connectivity index (χ4v) is 5.82. The number of rotatable bonds is 34. The van der Waals surface area contributed by atoms with E-state index in [0.29, 0.717) is 12.8 Å². The monoisotopic (exact) mass is 594 g/mol. The normalized spacial score (nSPS) is 13.1. The fraction of sp³-hybridized carbons (Fsp3) is 0.921. The lowest BCUT2D eigenvalue weighted by atomic mass is 10.0. The van der Waals surface area contributed by atoms with Crippen LogP contribution in [0.4, 0.5) is 0 Å². The number of aliphatic hydroxyl groups is 2. The molecular formula is C38H75NO3. The molecule has 0 radical (unpaired) electrons. The first-order valence-electron chi connectivity index (χ1n) is 18.9. The van der Waals surface area contributed by atoms with Crippen molar-refractivity contribution >= 4 is 5.91 Å². The molecule has 3 N–H and O–H groups in total. The minimum Gasteiger partial charge on any atom is -0.394 e. The summed E-state index contributed by atoms with van der Waals surface area (Å²) >= 11 is 0. The summed E-state index contributed by atoms with van der Waals surface area (Å²) in [6.07, 6.45) is 42.0. The van der Waals surface area contributed by atoms with Crippen LogP contribution in [-0.2, 0) is 4.79 Å². The van der Waals surface area contributed by atoms with Gasteiger partial charge in [-0.1, -0.05) is 174 Å². The largest absolute Gasteiger partial charge is 0.394 e. The average Bonchev–Trinajstić information content (AvgIpc) is 2.99. The molecule has 2 unspecified atom stereocenters. The Morgan fingerprint density at radius 3 is 1.31 bits per heavy atom. The van der Waals surface area contributed by atoms with Gasteiger partial charge in [0.1, 0.15) is 0 Å². The zero-order chi connectivity index (χ0) is 30.8. The van der Waals surface area contributed by atoms with Gasteiger partial charge in [-0.25, -0.2) is 0 Å². The standard InChI is InChI=1S/C38H75NO3/c1-3-5-7-8-9-10-11-12-13-14-15-16-17-18-19-20-21-22-23-24-25-26-27-28-29-30-32-34-38(42)39-36(35-40)37(41)33-31-6-4-2/h14-15,36-37,40-41H,3-13,16-35H2,1-2H3,(H,39,42)/b15-14-. The Hall–Kier alpha value is -0.870. The molecule has 42 heavy (non-hydrogen) atoms. The summed E-state index contributed by atoms with van der Waals surface area (Å²) in [6.45, 7) is 4.22. The molecule has 0 spiro atoms. The number of carbonyl (C=O) groups is 1. The second kappa shape index (κ2) is 34.6. The second-order valence-corrected chi connectivity index (χ2v) is 13.0. The van der Waals surface area contributed by atoms with Crippen LogP contribution in [0, 0.1) is 0 Å². The number of hydrogen-bond acceptors (Lipinski definition) is 3. The molecule has 0 heterocycles. The Labute approximate surface area is 263 Å². The highest BCUT2D eigenvalue weighted by Crippen LogP contribution is 2.15. The number of aliphatic hydroxyl groups excluding tert-OH is 2. The van der Waals surface area contributed by atoms with E-state index in [4.69, 9.17) is 0 Å². The van der Waals surface area contributed by atoms with Gasteiger partial charge in [-0.3, -0.25) is 4.79 Å². The summed E-state index contributed by atoms with van der Waals surface area (Å²) in [4.78, 5) is 12.2. The van der Waals surface area contributed by atoms with Crippen LogP contribution in [-0.4, -0.2) is 34.9 Å². The van der Waals surface area contributed by atoms with Crippen LogP contribution < -0.4 is 5.32 Å². The van der Waals surface area contributed by atoms with Crippen LogP contribution in [0.25, 0.3) is 0 Å². The Morgan fingerprint density at radius 1 is 0.548 bits per heavy atom. The maximum absolute atomic E-state index is 12.2. The van der Waals surface area contributed by atoms with Crippen LogP contribution in [0.1, 0.15) is 206 Å². The summed E-state index contributed by atoms with van der Waals surface area (Å²) < 4.78 is 0. The van der Waals surface area contributed by atoms with Crippen LogP contribution in [0.3, 0.4) is 0 Å². The molecule has 2 atom stereocenters. The first-order chi connectivity index (χ1) is 20.7. The Kier molecular flexibility index (Phi) is 33.9. The van der Waals surface area contributed by atoms with Gasteiger partial charge in [0.15, 0.2) is 0 Å². The molecule has 0 saturated heterocycles. The molecular weight excluding hydrogens is 518 g/mol. The molecule has 250 valence electrons. The molecule has 0 aromatic carbocycles. The van der Waals surface area contributed by atoms with Crippen LogP contribution >= 0.6 is 0 Å². The van der Waals surface area contributed by atoms with Crippen molar-refractivity contribution in [1.29, 1.82) is 0 Å². The van der Waals surface area contributed by atoms with E-state index in [1.165, 1.54) is 148 Å². The van der Waals surface area contributed by atoms with E-state index in [-0.39, 0.29) is 12.5 Å². The van der Waals surface area contributed by atoms with Crippen molar-refractivity contribution in [1.82, 2.24) is 5.32 Å². The van der Waals surface area contributed by atoms with E-state index in [1.807, 2.05) is 0 Å². The Bertz CT molecular complexity index is 565. The topological polar surface area (TPSA) is 69.6 Å². The minimum atomic E-state index is -0.651. The molecule has 4 nitrogen and oxygen atoms in total. The first-order valence-corrected chi connectivity index (χ1v) is 18.9. The van der Waals surface area contributed by atoms with E-state index >= 15 is 0 Å². The third-order valence-corrected chi connectivity index (χ3v) is 8.78. The van der Waals surface area contributed by atoms with E-state index < -0.39 is 12.1 Å². The SMILES string of the molecule is CCCCCCCCCC/C=C\CCCCCCCCCCCCCCCCCC(=O)NC(CO)C(O)CCCCC. The smallest absolute Gasteiger partial charge is 0.220 e. The lowest BCUT2D eigenvalue weighted by Gasteiger charge is -2.22. The minimum absolute atomic E-state index is 0.0414. The summed E-state index contributed by atoms with van der Waals surface area (Å²) in [6, 6.07) is -0.527. The van der Waals surface area contributed by atoms with Crippen LogP contribution in [0.2, 0.25) is 0 Å². The van der Waals surface area contributed by atoms with Gasteiger partial charge in [-0.2, -0.15) is 0 Å². The maximum Gasteiger partial charge on any atom is 0.220 e. The number of allylic oxidation sites excluding steroid dienone is 2. The van der Waals surface area contributed by atoms with Crippen molar-refractivity contribution in [3.63, 3.8) is 0 Å². The predicted octanol–water partition coefficient (Wildman–Crippen LogP) is 11.1. The number of hydrogen-bond donors (Lipinski definition) is 3. The molecule has 0 bridgehead atoms. The van der Waals surface area contributed by atoms with Crippen molar-refractivity contribution < 1.29 is 15.0 Å². The van der Waals surface area contributed by atoms with Gasteiger partial charge in [0.05, 0.1) is 18.8 Å². The van der Waals surface area contributed by atoms with Crippen molar-refractivity contribution in [3.05, 3.63) is 12.2 Å². The second-order valence-electron chi connectivity index (χ2n) is 13.0. The molecule has 0 saturated carbocycles. The summed E-state index contributed by atoms with van der Waals surface area (Å²) in [7, 11) is 0. The molecule has 1 amide bonds. The summed E-state index contributed by atoms with van der Waals surface area (Å²) in [5.41, 5.74) is 0. The molecule has 0 aliphatic heterocycles. The van der Waals surface area contributed by atoms with Gasteiger partial charge in [0, 0.05) is 6.42 Å². The van der Waals surface area contributed by atoms with Crippen molar-refractivity contribution in [2.24, 2.45) is 0 Å². The van der Waals surface area contributed by atoms with Crippen molar-refractivity contribution in [2.75, 3.05) is 6.61 Å². The van der Waals surface area contributed by atoms with E-state index in [2.05, 4.69) is 31.3 Å². The third kappa shape index (κ3) is 30.6. The summed E-state index contributed by atoms with van der Waals surface area (Å²) in [5, 5.41) is 22.5. The van der Waals surface area contributed by atoms with Gasteiger partial charge in [0.2, 0.25) is 5.91 Å². The molecule has 0 aliphatic rings. The number of carbonyl (C=O) groups excluding carboxylic acids is 1. The quantitative estimate of drug-likeness (QED) is 0.0513. The van der Waals surface area contributed by atoms with Gasteiger partial charge >= 0.3 is 0 Å². The van der Waals surface area contributed by atoms with E-state index in [9.17, 15) is 15.0 Å². The molecule has 0 fully saturated rings. The Balaban J connectivity index is 3.32. The van der Waals surface area contributed by atoms with Gasteiger partial charge in [-0.15, -0.1) is 0 Å². The van der Waals surface area contributed by atoms with Crippen molar-refractivity contribution in [2.45, 2.75) is 219 Å². The van der Waals surface area contributed by atoms with E-state index in [1.54, 1.807) is 0 Å². The summed E-state index contributed by atoms with van der Waals surface area (Å²) in [5.74, 6) is -0.0414. The molecule has 0 rings (SSSR count). The van der Waals surface area contributed by atoms with Crippen molar-refractivity contribution in [3.8, 4) is 0 Å². The number of amides is 1. The Morgan fingerprint density at radius 2 is 0.905 bits per heavy atom. The van der Waals surface area contributed by atoms with E-state index in [0.717, 1.165) is 32.1 Å². The van der Waals surface area contributed by atoms with Gasteiger partial charge in [-0.05, 0) is 38.5 Å². The number of unbranched alkanes of at least 4 members (excludes halogenated alkanes) is 25. The predicted molar refractivity (Wildman–Crippen MR) is 184 cm³/mol. The maximum atomic E-state index is 12.2. The first kappa shape index (κ1) is 41.1.